The number of rotatable bonds is 11. The van der Waals surface area contributed by atoms with Gasteiger partial charge in [0.15, 0.2) is 0 Å². The van der Waals surface area contributed by atoms with Crippen molar-refractivity contribution in [2.75, 3.05) is 9.80 Å². The monoisotopic (exact) mass is 1350 g/mol. The minimum Gasteiger partial charge on any atom is -0.310 e. The predicted molar refractivity (Wildman–Crippen MR) is 439 cm³/mol. The molecule has 1 spiro atoms. The third-order valence-electron chi connectivity index (χ3n) is 24.5. The zero-order valence-corrected chi connectivity index (χ0v) is 59.7. The van der Waals surface area contributed by atoms with E-state index in [9.17, 15) is 0 Å². The van der Waals surface area contributed by atoms with E-state index in [4.69, 9.17) is 0 Å². The lowest BCUT2D eigenvalue weighted by Crippen LogP contribution is -2.29. The summed E-state index contributed by atoms with van der Waals surface area (Å²) in [4.78, 5) is 5.02. The molecule has 0 atom stereocenters. The molecule has 16 aromatic rings. The van der Waals surface area contributed by atoms with E-state index in [1.54, 1.807) is 0 Å². The van der Waals surface area contributed by atoms with Gasteiger partial charge in [-0.25, -0.2) is 0 Å². The number of hydrogen-bond donors (Lipinski definition) is 0. The van der Waals surface area contributed by atoms with Crippen LogP contribution in [0, 0.1) is 13.8 Å². The topological polar surface area (TPSA) is 6.48 Å². The predicted octanol–water partition coefficient (Wildman–Crippen LogP) is 26.3. The van der Waals surface area contributed by atoms with Gasteiger partial charge in [0.05, 0.1) is 16.2 Å². The molecule has 0 bridgehead atoms. The van der Waals surface area contributed by atoms with Gasteiger partial charge in [-0.15, -0.1) is 0 Å². The normalized spacial score (nSPS) is 14.5. The summed E-state index contributed by atoms with van der Waals surface area (Å²) in [6.45, 7) is 9.23. The van der Waals surface area contributed by atoms with Crippen molar-refractivity contribution in [1.29, 1.82) is 0 Å². The van der Waals surface area contributed by atoms with E-state index in [0.717, 1.165) is 45.3 Å². The summed E-state index contributed by atoms with van der Waals surface area (Å²) in [5.41, 5.74) is 40.4. The Hall–Kier alpha value is -12.9. The molecule has 5 aliphatic rings. The van der Waals surface area contributed by atoms with Crippen LogP contribution in [0.15, 0.2) is 376 Å². The summed E-state index contributed by atoms with van der Waals surface area (Å²) in [6, 6.07) is 143. The van der Waals surface area contributed by atoms with Crippen LogP contribution in [-0.4, -0.2) is 0 Å². The van der Waals surface area contributed by atoms with Crippen LogP contribution in [0.4, 0.5) is 34.1 Å². The SMILES string of the molecule is Cc1ccc2c(c1)C(c1ccccc1)(c1ccccc1)c1cc(N(c3ccc(-c4ccc(N(c5ccc6c(c5)-c5ccccc5C65c6ccccc6-c6ccccc65)c5ccc6c(c5)C(C)(C)c5ccccc5-6)cc4)cc3)c3ccc4c(c3)C(c3ccccc3)(c3ccccc3)c3cc(C)ccc3-4)ccc1-2. The third kappa shape index (κ3) is 8.61. The van der Waals surface area contributed by atoms with Gasteiger partial charge < -0.3 is 9.80 Å². The van der Waals surface area contributed by atoms with Crippen molar-refractivity contribution in [3.8, 4) is 66.8 Å². The number of nitrogens with zero attached hydrogens (tertiary/aromatic N) is 2. The molecule has 0 saturated heterocycles. The van der Waals surface area contributed by atoms with E-state index in [1.807, 2.05) is 0 Å². The van der Waals surface area contributed by atoms with Gasteiger partial charge in [-0.05, 0) is 231 Å². The summed E-state index contributed by atoms with van der Waals surface area (Å²) in [5, 5.41) is 0. The minimum absolute atomic E-state index is 0.188. The van der Waals surface area contributed by atoms with Crippen LogP contribution in [0.1, 0.15) is 103 Å². The fraction of sp³-hybridized carbons (Fsp3) is 0.0769. The Morgan fingerprint density at radius 1 is 0.179 bits per heavy atom. The highest BCUT2D eigenvalue weighted by molar-refractivity contribution is 5.98. The highest BCUT2D eigenvalue weighted by Gasteiger charge is 2.53. The minimum atomic E-state index is -0.604. The highest BCUT2D eigenvalue weighted by Crippen LogP contribution is 2.65. The van der Waals surface area contributed by atoms with Gasteiger partial charge >= 0.3 is 0 Å². The molecule has 2 heteroatoms. The van der Waals surface area contributed by atoms with Crippen molar-refractivity contribution in [2.45, 2.75) is 49.4 Å². The molecule has 2 nitrogen and oxygen atoms in total. The maximum atomic E-state index is 2.52. The Morgan fingerprint density at radius 2 is 0.443 bits per heavy atom. The van der Waals surface area contributed by atoms with E-state index in [0.29, 0.717) is 0 Å². The van der Waals surface area contributed by atoms with Crippen molar-refractivity contribution in [3.05, 3.63) is 465 Å². The zero-order valence-electron chi connectivity index (χ0n) is 59.7. The van der Waals surface area contributed by atoms with Gasteiger partial charge in [-0.2, -0.15) is 0 Å². The van der Waals surface area contributed by atoms with Gasteiger partial charge in [-0.1, -0.05) is 328 Å². The number of benzene rings is 16. The molecule has 16 aromatic carbocycles. The lowest BCUT2D eigenvalue weighted by Gasteiger charge is -2.36. The lowest BCUT2D eigenvalue weighted by atomic mass is 9.67. The molecule has 0 amide bonds. The van der Waals surface area contributed by atoms with Crippen LogP contribution in [0.25, 0.3) is 66.8 Å². The fourth-order valence-electron chi connectivity index (χ4n) is 20.0. The van der Waals surface area contributed by atoms with Crippen molar-refractivity contribution >= 4 is 34.1 Å². The molecule has 0 N–H and O–H groups in total. The Balaban J connectivity index is 0.725. The second kappa shape index (κ2) is 23.3. The first kappa shape index (κ1) is 61.8. The molecular weight excluding hydrogens is 1280 g/mol. The molecule has 106 heavy (non-hydrogen) atoms. The summed E-state index contributed by atoms with van der Waals surface area (Å²) in [5.74, 6) is 0. The van der Waals surface area contributed by atoms with Crippen LogP contribution in [0.5, 0.6) is 0 Å². The molecule has 21 rings (SSSR count). The molecule has 5 aliphatic carbocycles. The van der Waals surface area contributed by atoms with E-state index >= 15 is 0 Å². The van der Waals surface area contributed by atoms with E-state index < -0.39 is 16.2 Å². The Morgan fingerprint density at radius 3 is 0.840 bits per heavy atom. The van der Waals surface area contributed by atoms with Crippen molar-refractivity contribution in [1.82, 2.24) is 0 Å². The average molecular weight is 1350 g/mol. The molecule has 500 valence electrons. The quantitative estimate of drug-likeness (QED) is 0.127. The second-order valence-corrected chi connectivity index (χ2v) is 30.3. The van der Waals surface area contributed by atoms with Crippen LogP contribution < -0.4 is 9.80 Å². The smallest absolute Gasteiger partial charge is 0.0725 e. The first-order valence-electron chi connectivity index (χ1n) is 37.4. The number of fused-ring (bicyclic) bond motifs is 19. The molecule has 0 fully saturated rings. The van der Waals surface area contributed by atoms with Crippen LogP contribution in [0.2, 0.25) is 0 Å². The second-order valence-electron chi connectivity index (χ2n) is 30.3. The Bertz CT molecular complexity index is 5930. The van der Waals surface area contributed by atoms with Gasteiger partial charge in [0.2, 0.25) is 0 Å². The Kier molecular flexibility index (Phi) is 13.6. The van der Waals surface area contributed by atoms with E-state index in [-0.39, 0.29) is 5.41 Å². The van der Waals surface area contributed by atoms with Crippen LogP contribution in [-0.2, 0) is 21.7 Å². The summed E-state index contributed by atoms with van der Waals surface area (Å²) < 4.78 is 0. The molecule has 0 aromatic heterocycles. The van der Waals surface area contributed by atoms with Gasteiger partial charge in [0.25, 0.3) is 0 Å². The fourth-order valence-corrected chi connectivity index (χ4v) is 20.0. The number of hydrogen-bond acceptors (Lipinski definition) is 2. The molecule has 0 radical (unpaired) electrons. The largest absolute Gasteiger partial charge is 0.310 e. The summed E-state index contributed by atoms with van der Waals surface area (Å²) >= 11 is 0. The maximum absolute atomic E-state index is 2.52. The highest BCUT2D eigenvalue weighted by atomic mass is 15.1. The molecule has 0 unspecified atom stereocenters. The standard InChI is InChI=1S/C104H74N2/c1-67-41-55-86-88-58-52-79(65-99(88)102(97(86)61-67,71-25-9-5-10-26-71)72-27-11-6-12-28-72)106(80-53-59-89-87-56-42-68(2)62-98(87)103(100(89)66-80,73-29-13-7-14-30-73)74-31-15-8-16-32-74)76-49-45-70(46-50-76)69-43-47-75(48-44-69)105(78-51-57-85-81-33-17-21-37-91(81)101(3,4)96(85)64-78)77-54-60-95-90(63-77)84-36-20-24-40-94(84)104(95)92-38-22-18-34-82(92)83-35-19-23-39-93(83)104/h5-66H,1-4H3. The molecular formula is C104H74N2. The van der Waals surface area contributed by atoms with Gasteiger partial charge in [0, 0.05) is 39.5 Å². The first-order valence-corrected chi connectivity index (χ1v) is 37.4. The van der Waals surface area contributed by atoms with Gasteiger partial charge in [-0.3, -0.25) is 0 Å². The van der Waals surface area contributed by atoms with Crippen LogP contribution in [0.3, 0.4) is 0 Å². The van der Waals surface area contributed by atoms with Gasteiger partial charge in [0.1, 0.15) is 0 Å². The maximum Gasteiger partial charge on any atom is 0.0725 e. The zero-order chi connectivity index (χ0) is 70.6. The van der Waals surface area contributed by atoms with Crippen LogP contribution >= 0.6 is 0 Å². The number of aryl methyl sites for hydroxylation is 2. The Labute approximate surface area is 621 Å². The van der Waals surface area contributed by atoms with Crippen molar-refractivity contribution in [2.24, 2.45) is 0 Å². The van der Waals surface area contributed by atoms with Crippen molar-refractivity contribution in [3.63, 3.8) is 0 Å². The molecule has 0 aliphatic heterocycles. The van der Waals surface area contributed by atoms with E-state index in [2.05, 4.69) is 414 Å². The summed E-state index contributed by atoms with van der Waals surface area (Å²) in [7, 11) is 0. The summed E-state index contributed by atoms with van der Waals surface area (Å²) in [6.07, 6.45) is 0. The van der Waals surface area contributed by atoms with Crippen molar-refractivity contribution < 1.29 is 0 Å². The molecule has 0 heterocycles. The first-order chi connectivity index (χ1) is 52.1. The molecule has 0 saturated carbocycles. The van der Waals surface area contributed by atoms with E-state index in [1.165, 1.54) is 145 Å². The average Bonchev–Trinajstić information content (AvgIpc) is 1.51. The third-order valence-corrected chi connectivity index (χ3v) is 24.5. The lowest BCUT2D eigenvalue weighted by molar-refractivity contribution is 0.660. The number of anilines is 6.